The summed E-state index contributed by atoms with van der Waals surface area (Å²) in [6.45, 7) is 5.68. The number of alkyl halides is 1. The fourth-order valence-electron chi connectivity index (χ4n) is 10.3. The second kappa shape index (κ2) is 14.5. The number of carbonyl (C=O) groups excluding carboxylic acids is 2. The predicted octanol–water partition coefficient (Wildman–Crippen LogP) is 5.81. The largest absolute Gasteiger partial charge is 0.508 e. The Bertz CT molecular complexity index is 2330. The number of phenolic OH excluding ortho intramolecular Hbond substituents is 1. The van der Waals surface area contributed by atoms with Crippen molar-refractivity contribution in [2.75, 3.05) is 37.7 Å². The number of ether oxygens (including phenoxy) is 1. The molecule has 1 aliphatic carbocycles. The van der Waals surface area contributed by atoms with Gasteiger partial charge in [-0.05, 0) is 87.6 Å². The lowest BCUT2D eigenvalue weighted by molar-refractivity contribution is -0.140. The number of fused-ring (bicyclic) bond motifs is 5. The fraction of sp³-hybridized carbons (Fsp3) is 0.465. The molecule has 2 aromatic heterocycles. The van der Waals surface area contributed by atoms with Gasteiger partial charge in [0.1, 0.15) is 41.4 Å². The van der Waals surface area contributed by atoms with Crippen LogP contribution in [-0.4, -0.2) is 104 Å². The summed E-state index contributed by atoms with van der Waals surface area (Å²) < 4.78 is 53.1. The molecule has 5 fully saturated rings. The van der Waals surface area contributed by atoms with Gasteiger partial charge in [0.05, 0.1) is 16.5 Å². The Hall–Kier alpha value is -5.42. The number of piperazine rings is 1. The van der Waals surface area contributed by atoms with Gasteiger partial charge in [-0.25, -0.2) is 13.2 Å². The molecule has 4 aromatic rings. The Morgan fingerprint density at radius 2 is 1.86 bits per heavy atom. The average molecular weight is 780 g/mol. The maximum Gasteiger partial charge on any atom is 0.319 e. The number of halogens is 3. The lowest BCUT2D eigenvalue weighted by Gasteiger charge is -2.44. The third kappa shape index (κ3) is 6.49. The molecule has 4 atom stereocenters. The third-order valence-corrected chi connectivity index (χ3v) is 13.0. The van der Waals surface area contributed by atoms with Crippen molar-refractivity contribution in [1.82, 2.24) is 30.1 Å². The average Bonchev–Trinajstić information content (AvgIpc) is 3.83. The molecule has 4 unspecified atom stereocenters. The molecule has 1 saturated carbocycles. The van der Waals surface area contributed by atoms with Crippen LogP contribution < -0.4 is 15.0 Å². The smallest absolute Gasteiger partial charge is 0.319 e. The van der Waals surface area contributed by atoms with Crippen LogP contribution in [0.15, 0.2) is 43.1 Å². The molecule has 14 heteroatoms. The number of rotatable bonds is 8. The number of amides is 2. The van der Waals surface area contributed by atoms with Crippen molar-refractivity contribution in [3.05, 3.63) is 60.3 Å². The zero-order chi connectivity index (χ0) is 39.6. The normalized spacial score (nSPS) is 27.1. The van der Waals surface area contributed by atoms with E-state index in [0.717, 1.165) is 45.1 Å². The van der Waals surface area contributed by atoms with Crippen LogP contribution in [0.1, 0.15) is 63.4 Å². The summed E-state index contributed by atoms with van der Waals surface area (Å²) >= 11 is 0. The number of pyridine rings is 1. The molecule has 2 aromatic carbocycles. The molecular weight excluding hydrogens is 736 g/mol. The Labute approximate surface area is 328 Å². The zero-order valence-electron chi connectivity index (χ0n) is 31.5. The van der Waals surface area contributed by atoms with Crippen molar-refractivity contribution >= 4 is 39.3 Å². The van der Waals surface area contributed by atoms with E-state index in [1.807, 2.05) is 9.80 Å². The molecule has 9 rings (SSSR count). The first kappa shape index (κ1) is 37.2. The van der Waals surface area contributed by atoms with E-state index in [1.54, 1.807) is 0 Å². The fourth-order valence-corrected chi connectivity index (χ4v) is 10.3. The number of hydrogen-bond acceptors (Lipinski definition) is 9. The Morgan fingerprint density at radius 3 is 2.60 bits per heavy atom. The van der Waals surface area contributed by atoms with E-state index in [0.29, 0.717) is 55.5 Å². The van der Waals surface area contributed by atoms with Gasteiger partial charge >= 0.3 is 6.01 Å². The maximum absolute atomic E-state index is 17.1. The highest BCUT2D eigenvalue weighted by atomic mass is 19.1. The van der Waals surface area contributed by atoms with E-state index in [9.17, 15) is 19.1 Å². The number of carbonyl (C=O) groups is 2. The van der Waals surface area contributed by atoms with E-state index < -0.39 is 23.3 Å². The van der Waals surface area contributed by atoms with Crippen LogP contribution >= 0.6 is 0 Å². The molecule has 4 saturated heterocycles. The first-order valence-electron chi connectivity index (χ1n) is 19.9. The Morgan fingerprint density at radius 1 is 1.09 bits per heavy atom. The van der Waals surface area contributed by atoms with Crippen molar-refractivity contribution in [3.63, 3.8) is 0 Å². The third-order valence-electron chi connectivity index (χ3n) is 13.0. The number of aromatic hydroxyl groups is 1. The lowest BCUT2D eigenvalue weighted by Crippen LogP contribution is -2.57. The zero-order valence-corrected chi connectivity index (χ0v) is 31.5. The topological polar surface area (TPSA) is 124 Å². The second-order valence-corrected chi connectivity index (χ2v) is 16.3. The van der Waals surface area contributed by atoms with E-state index in [-0.39, 0.29) is 81.9 Å². The highest BCUT2D eigenvalue weighted by molar-refractivity contribution is 6.03. The van der Waals surface area contributed by atoms with Gasteiger partial charge in [-0.1, -0.05) is 18.6 Å². The van der Waals surface area contributed by atoms with Gasteiger partial charge in [0, 0.05) is 67.2 Å². The molecule has 0 spiro atoms. The van der Waals surface area contributed by atoms with Crippen LogP contribution in [0.25, 0.3) is 32.9 Å². The van der Waals surface area contributed by atoms with Crippen LogP contribution in [-0.2, 0) is 9.59 Å². The number of nitrogens with zero attached hydrogens (tertiary/aromatic N) is 6. The van der Waals surface area contributed by atoms with Crippen molar-refractivity contribution < 1.29 is 32.6 Å². The van der Waals surface area contributed by atoms with Gasteiger partial charge in [-0.2, -0.15) is 9.97 Å². The molecule has 296 valence electrons. The molecular formula is C43H44F3N7O4. The van der Waals surface area contributed by atoms with Crippen LogP contribution in [0.2, 0.25) is 0 Å². The summed E-state index contributed by atoms with van der Waals surface area (Å²) in [4.78, 5) is 46.1. The Kier molecular flexibility index (Phi) is 9.46. The number of anilines is 1. The van der Waals surface area contributed by atoms with Crippen LogP contribution in [0.4, 0.5) is 19.0 Å². The second-order valence-electron chi connectivity index (χ2n) is 16.3. The molecule has 2 amide bonds. The minimum absolute atomic E-state index is 0.0281. The van der Waals surface area contributed by atoms with Crippen molar-refractivity contribution in [1.29, 1.82) is 0 Å². The van der Waals surface area contributed by atoms with E-state index in [2.05, 4.69) is 32.7 Å². The number of hydrogen-bond donors (Lipinski definition) is 2. The number of benzene rings is 2. The lowest BCUT2D eigenvalue weighted by atomic mass is 9.84. The standard InChI is InChI=1S/C43H44F3N7O4/c1-3-31-34(45)13-8-25-16-30(54)17-32(36(25)31)38-37(46)39-33(19-47-38)40(50-42(49-39)57-23-43-14-5-15-52(43)20-26(44)18-43)51-21-28-11-12-29(22-51)53(28)41(56)24-6-9-27(10-7-24)48-35(55)4-2/h1,4,8,13,16-17,19,24,26-29,54H,2,5-7,9-12,14-15,18,20-23H2,(H,48,55). The molecule has 2 bridgehead atoms. The van der Waals surface area contributed by atoms with Crippen molar-refractivity contribution in [2.45, 2.75) is 87.6 Å². The molecule has 0 radical (unpaired) electrons. The summed E-state index contributed by atoms with van der Waals surface area (Å²) in [5.41, 5.74) is -0.766. The van der Waals surface area contributed by atoms with Crippen LogP contribution in [0.3, 0.4) is 0 Å². The monoisotopic (exact) mass is 779 g/mol. The first-order chi connectivity index (χ1) is 27.6. The molecule has 6 heterocycles. The molecule has 57 heavy (non-hydrogen) atoms. The number of phenols is 1. The first-order valence-corrected chi connectivity index (χ1v) is 19.9. The summed E-state index contributed by atoms with van der Waals surface area (Å²) in [5, 5.41) is 14.6. The van der Waals surface area contributed by atoms with Crippen molar-refractivity contribution in [2.24, 2.45) is 5.92 Å². The minimum Gasteiger partial charge on any atom is -0.508 e. The van der Waals surface area contributed by atoms with Crippen molar-refractivity contribution in [3.8, 4) is 35.4 Å². The highest BCUT2D eigenvalue weighted by Crippen LogP contribution is 2.43. The highest BCUT2D eigenvalue weighted by Gasteiger charge is 2.50. The van der Waals surface area contributed by atoms with Gasteiger partial charge in [-0.3, -0.25) is 19.5 Å². The Balaban J connectivity index is 1.07. The minimum atomic E-state index is -0.967. The summed E-state index contributed by atoms with van der Waals surface area (Å²) in [6.07, 6.45) is 14.0. The predicted molar refractivity (Wildman–Crippen MR) is 208 cm³/mol. The van der Waals surface area contributed by atoms with Crippen LogP contribution in [0, 0.1) is 29.9 Å². The van der Waals surface area contributed by atoms with Gasteiger partial charge < -0.3 is 25.0 Å². The van der Waals surface area contributed by atoms with E-state index in [1.165, 1.54) is 36.5 Å². The summed E-state index contributed by atoms with van der Waals surface area (Å²) in [5.74, 6) is 0.898. The van der Waals surface area contributed by atoms with Crippen LogP contribution in [0.5, 0.6) is 11.8 Å². The quantitative estimate of drug-likeness (QED) is 0.169. The van der Waals surface area contributed by atoms with Gasteiger partial charge in [0.15, 0.2) is 5.82 Å². The molecule has 5 aliphatic rings. The molecule has 11 nitrogen and oxygen atoms in total. The van der Waals surface area contributed by atoms with Gasteiger partial charge in [-0.15, -0.1) is 6.42 Å². The maximum atomic E-state index is 17.1. The van der Waals surface area contributed by atoms with E-state index in [4.69, 9.17) is 16.1 Å². The van der Waals surface area contributed by atoms with Gasteiger partial charge in [0.25, 0.3) is 0 Å². The SMILES string of the molecule is C#Cc1c(F)ccc2cc(O)cc(-c3ncc4c(N5CC6CCC(C5)N6C(=O)C5CCC(NC(=O)C=C)CC5)nc(OCC56CCCN5CC(F)C6)nc4c3F)c12. The summed E-state index contributed by atoms with van der Waals surface area (Å²) in [6, 6.07) is 5.16. The number of aromatic nitrogens is 3. The van der Waals surface area contributed by atoms with Gasteiger partial charge in [0.2, 0.25) is 11.8 Å². The molecule has 4 aliphatic heterocycles. The molecule has 2 N–H and O–H groups in total. The number of terminal acetylenes is 1. The summed E-state index contributed by atoms with van der Waals surface area (Å²) in [7, 11) is 0. The van der Waals surface area contributed by atoms with E-state index >= 15 is 8.78 Å². The number of nitrogens with one attached hydrogen (secondary N) is 1.